The number of nitrogens with zero attached hydrogens (tertiary/aromatic N) is 1. The lowest BCUT2D eigenvalue weighted by molar-refractivity contribution is -0.956. The third-order valence-corrected chi connectivity index (χ3v) is 6.93. The van der Waals surface area contributed by atoms with Gasteiger partial charge in [-0.05, 0) is 12.0 Å². The van der Waals surface area contributed by atoms with Crippen molar-refractivity contribution in [2.24, 2.45) is 0 Å². The minimum atomic E-state index is -2.02. The Bertz CT molecular complexity index is 677. The summed E-state index contributed by atoms with van der Waals surface area (Å²) in [4.78, 5) is 12.8. The van der Waals surface area contributed by atoms with Crippen molar-refractivity contribution in [3.63, 3.8) is 0 Å². The monoisotopic (exact) mass is 376 g/mol. The lowest BCUT2D eigenvalue weighted by atomic mass is 9.93. The van der Waals surface area contributed by atoms with Crippen molar-refractivity contribution in [2.45, 2.75) is 68.6 Å². The number of hydrogen-bond acceptors (Lipinski definition) is 5. The zero-order chi connectivity index (χ0) is 19.2. The number of likely N-dealkylation sites (N-methyl/N-ethyl adjacent to an activating group) is 1. The molecule has 0 saturated carbocycles. The highest BCUT2D eigenvalue weighted by atomic mass is 16.6. The molecule has 0 radical (unpaired) electrons. The Hall–Kier alpha value is -1.47. The number of carbonyl (C=O) groups excluding carboxylic acids is 1. The Morgan fingerprint density at radius 3 is 2.44 bits per heavy atom. The fraction of sp³-hybridized carbons (Fsp3) is 0.667. The molecule has 148 valence electrons. The van der Waals surface area contributed by atoms with Gasteiger partial charge in [-0.2, -0.15) is 0 Å². The molecule has 0 aliphatic carbocycles. The van der Waals surface area contributed by atoms with E-state index in [4.69, 9.17) is 9.47 Å². The number of aliphatic hydroxyl groups excluding tert-OH is 1. The maximum Gasteiger partial charge on any atom is 0.345 e. The highest BCUT2D eigenvalue weighted by molar-refractivity contribution is 5.81. The molecule has 3 aliphatic heterocycles. The third kappa shape index (κ3) is 2.99. The summed E-state index contributed by atoms with van der Waals surface area (Å²) < 4.78 is 12.6. The van der Waals surface area contributed by atoms with Crippen LogP contribution >= 0.6 is 0 Å². The molecule has 6 nitrogen and oxygen atoms in total. The zero-order valence-corrected chi connectivity index (χ0v) is 16.1. The Morgan fingerprint density at radius 2 is 1.89 bits per heavy atom. The predicted molar refractivity (Wildman–Crippen MR) is 98.7 cm³/mol. The molecule has 3 aliphatic rings. The number of epoxide rings is 1. The molecule has 2 bridgehead atoms. The van der Waals surface area contributed by atoms with Crippen molar-refractivity contribution >= 4 is 5.97 Å². The predicted octanol–water partition coefficient (Wildman–Crippen LogP) is 1.34. The Balaban J connectivity index is 1.47. The van der Waals surface area contributed by atoms with Gasteiger partial charge in [0.25, 0.3) is 0 Å². The first-order valence-electron chi connectivity index (χ1n) is 10.0. The molecule has 3 saturated heterocycles. The van der Waals surface area contributed by atoms with Crippen molar-refractivity contribution in [1.82, 2.24) is 0 Å². The van der Waals surface area contributed by atoms with Gasteiger partial charge >= 0.3 is 5.97 Å². The first-order valence-corrected chi connectivity index (χ1v) is 10.0. The van der Waals surface area contributed by atoms with Crippen molar-refractivity contribution in [3.8, 4) is 0 Å². The molecular weight excluding hydrogens is 346 g/mol. The normalized spacial score (nSPS) is 38.7. The molecule has 4 rings (SSSR count). The van der Waals surface area contributed by atoms with Gasteiger partial charge in [0, 0.05) is 12.8 Å². The van der Waals surface area contributed by atoms with E-state index in [0.717, 1.165) is 23.9 Å². The van der Waals surface area contributed by atoms with Crippen LogP contribution in [0, 0.1) is 0 Å². The molecule has 6 heteroatoms. The second-order valence-electron chi connectivity index (χ2n) is 8.51. The molecule has 0 aromatic heterocycles. The lowest BCUT2D eigenvalue weighted by Crippen LogP contribution is -2.63. The molecule has 1 aromatic rings. The van der Waals surface area contributed by atoms with Crippen LogP contribution in [0.5, 0.6) is 0 Å². The van der Waals surface area contributed by atoms with Crippen LogP contribution < -0.4 is 0 Å². The van der Waals surface area contributed by atoms with Gasteiger partial charge in [0.1, 0.15) is 30.4 Å². The number of morpholine rings is 1. The van der Waals surface area contributed by atoms with E-state index in [1.165, 1.54) is 12.8 Å². The molecule has 3 fully saturated rings. The summed E-state index contributed by atoms with van der Waals surface area (Å²) in [5.41, 5.74) is -1.66. The molecule has 27 heavy (non-hydrogen) atoms. The molecule has 0 amide bonds. The summed E-state index contributed by atoms with van der Waals surface area (Å²) in [7, 11) is 2.31. The molecule has 3 unspecified atom stereocenters. The topological polar surface area (TPSA) is 79.3 Å². The van der Waals surface area contributed by atoms with E-state index < -0.39 is 18.2 Å². The van der Waals surface area contributed by atoms with E-state index >= 15 is 0 Å². The number of hydrogen-bond donors (Lipinski definition) is 2. The highest BCUT2D eigenvalue weighted by Gasteiger charge is 2.71. The summed E-state index contributed by atoms with van der Waals surface area (Å²) in [6, 6.07) is 9.20. The van der Waals surface area contributed by atoms with E-state index in [9.17, 15) is 15.0 Å². The number of ether oxygens (including phenoxy) is 2. The van der Waals surface area contributed by atoms with Crippen LogP contribution in [0.15, 0.2) is 30.3 Å². The van der Waals surface area contributed by atoms with E-state index in [0.29, 0.717) is 17.6 Å². The van der Waals surface area contributed by atoms with Crippen LogP contribution in [0.25, 0.3) is 0 Å². The molecule has 3 heterocycles. The molecule has 7 atom stereocenters. The fourth-order valence-electron chi connectivity index (χ4n) is 5.22. The van der Waals surface area contributed by atoms with Gasteiger partial charge in [-0.25, -0.2) is 4.79 Å². The van der Waals surface area contributed by atoms with Crippen molar-refractivity contribution in [1.29, 1.82) is 0 Å². The van der Waals surface area contributed by atoms with E-state index in [1.807, 2.05) is 0 Å². The van der Waals surface area contributed by atoms with Crippen molar-refractivity contribution in [2.75, 3.05) is 20.2 Å². The van der Waals surface area contributed by atoms with Gasteiger partial charge in [0.2, 0.25) is 5.60 Å². The summed E-state index contributed by atoms with van der Waals surface area (Å²) in [6.07, 6.45) is 4.19. The van der Waals surface area contributed by atoms with Crippen LogP contribution in [0.4, 0.5) is 0 Å². The number of benzene rings is 1. The first kappa shape index (κ1) is 18.9. The average Bonchev–Trinajstić information content (AvgIpc) is 3.45. The van der Waals surface area contributed by atoms with Crippen LogP contribution in [-0.4, -0.2) is 71.3 Å². The minimum absolute atomic E-state index is 0.237. The fourth-order valence-corrected chi connectivity index (χ4v) is 5.22. The first-order chi connectivity index (χ1) is 12.9. The van der Waals surface area contributed by atoms with Crippen molar-refractivity contribution in [3.05, 3.63) is 35.9 Å². The molecule has 1 aromatic carbocycles. The number of rotatable bonds is 7. The van der Waals surface area contributed by atoms with Gasteiger partial charge < -0.3 is 24.2 Å². The third-order valence-electron chi connectivity index (χ3n) is 6.93. The number of unbranched alkanes of at least 4 members (excludes halogenated alkanes) is 1. The SMILES string of the molecule is CCCC[N+]1(C)[C@@H]2CC(OC(=O)C(O)(CO)c3ccccc3)C[C@H]1[C@@H]1O[C@@H]12. The minimum Gasteiger partial charge on any atom is -0.459 e. The van der Waals surface area contributed by atoms with Crippen LogP contribution in [0.3, 0.4) is 0 Å². The van der Waals surface area contributed by atoms with Crippen LogP contribution in [0.1, 0.15) is 38.2 Å². The quantitative estimate of drug-likeness (QED) is 0.426. The number of esters is 1. The van der Waals surface area contributed by atoms with Gasteiger partial charge in [-0.15, -0.1) is 0 Å². The summed E-state index contributed by atoms with van der Waals surface area (Å²) in [5.74, 6) is -0.764. The summed E-state index contributed by atoms with van der Waals surface area (Å²) in [6.45, 7) is 2.64. The molecular formula is C21H30NO5+. The second-order valence-corrected chi connectivity index (χ2v) is 8.51. The van der Waals surface area contributed by atoms with E-state index in [1.54, 1.807) is 30.3 Å². The van der Waals surface area contributed by atoms with Crippen LogP contribution in [0.2, 0.25) is 0 Å². The number of fused-ring (bicyclic) bond motifs is 5. The van der Waals surface area contributed by atoms with Gasteiger partial charge in [-0.3, -0.25) is 0 Å². The van der Waals surface area contributed by atoms with E-state index in [2.05, 4.69) is 14.0 Å². The van der Waals surface area contributed by atoms with E-state index in [-0.39, 0.29) is 18.3 Å². The number of piperidine rings is 1. The number of quaternary nitrogens is 1. The number of carbonyl (C=O) groups is 1. The zero-order valence-electron chi connectivity index (χ0n) is 16.1. The highest BCUT2D eigenvalue weighted by Crippen LogP contribution is 2.53. The second kappa shape index (κ2) is 6.85. The Labute approximate surface area is 160 Å². The standard InChI is InChI=1S/C21H30NO5/c1-3-4-10-22(2)16-11-15(12-17(22)19-18(16)27-19)26-20(24)21(25,13-23)14-8-6-5-7-9-14/h5-9,15-19,23,25H,3-4,10-13H2,1-2H3/q+1/t15?,16-,17+,18-,19+,21?,22?. The Morgan fingerprint density at radius 1 is 1.26 bits per heavy atom. The maximum absolute atomic E-state index is 12.8. The van der Waals surface area contributed by atoms with Crippen LogP contribution in [-0.2, 0) is 19.9 Å². The van der Waals surface area contributed by atoms with Gasteiger partial charge in [0.05, 0.1) is 20.2 Å². The lowest BCUT2D eigenvalue weighted by Gasteiger charge is -2.48. The van der Waals surface area contributed by atoms with Gasteiger partial charge in [0.15, 0.2) is 0 Å². The molecule has 2 N–H and O–H groups in total. The molecule has 0 spiro atoms. The van der Waals surface area contributed by atoms with Gasteiger partial charge in [-0.1, -0.05) is 43.7 Å². The maximum atomic E-state index is 12.8. The average molecular weight is 376 g/mol. The van der Waals surface area contributed by atoms with Crippen molar-refractivity contribution < 1.29 is 29.0 Å². The summed E-state index contributed by atoms with van der Waals surface area (Å²) in [5, 5.41) is 20.5. The smallest absolute Gasteiger partial charge is 0.345 e. The number of aliphatic hydroxyl groups is 2. The summed E-state index contributed by atoms with van der Waals surface area (Å²) >= 11 is 0. The Kier molecular flexibility index (Phi) is 4.79. The largest absolute Gasteiger partial charge is 0.459 e.